The van der Waals surface area contributed by atoms with Crippen LogP contribution in [0.3, 0.4) is 0 Å². The number of aromatic nitrogens is 4. The first-order valence-electron chi connectivity index (χ1n) is 10.5. The molecule has 32 heavy (non-hydrogen) atoms. The average Bonchev–Trinajstić information content (AvgIpc) is 3.52. The van der Waals surface area contributed by atoms with Crippen LogP contribution in [0.5, 0.6) is 0 Å². The molecule has 2 saturated heterocycles. The van der Waals surface area contributed by atoms with E-state index >= 15 is 0 Å². The minimum atomic E-state index is -0.780. The van der Waals surface area contributed by atoms with Crippen molar-refractivity contribution in [3.8, 4) is 0 Å². The van der Waals surface area contributed by atoms with Crippen molar-refractivity contribution >= 4 is 29.0 Å². The van der Waals surface area contributed by atoms with Crippen LogP contribution in [0, 0.1) is 5.82 Å². The van der Waals surface area contributed by atoms with Crippen LogP contribution >= 0.6 is 0 Å². The third-order valence-corrected chi connectivity index (χ3v) is 5.99. The van der Waals surface area contributed by atoms with Crippen LogP contribution < -0.4 is 10.2 Å². The highest BCUT2D eigenvalue weighted by molar-refractivity contribution is 5.85. The normalized spacial score (nSPS) is 25.5. The van der Waals surface area contributed by atoms with Crippen LogP contribution in [0.15, 0.2) is 30.9 Å². The van der Waals surface area contributed by atoms with E-state index < -0.39 is 18.4 Å². The Morgan fingerprint density at radius 2 is 2.19 bits per heavy atom. The first-order chi connectivity index (χ1) is 15.6. The van der Waals surface area contributed by atoms with Crippen LogP contribution in [0.2, 0.25) is 0 Å². The monoisotopic (exact) mass is 442 g/mol. The van der Waals surface area contributed by atoms with Gasteiger partial charge in [0, 0.05) is 31.1 Å². The zero-order valence-electron chi connectivity index (χ0n) is 17.1. The molecule has 3 N–H and O–H groups in total. The predicted molar refractivity (Wildman–Crippen MR) is 113 cm³/mol. The molecule has 2 fully saturated rings. The van der Waals surface area contributed by atoms with Crippen molar-refractivity contribution < 1.29 is 24.1 Å². The van der Waals surface area contributed by atoms with Crippen molar-refractivity contribution in [1.29, 1.82) is 0 Å². The van der Waals surface area contributed by atoms with Gasteiger partial charge in [0.15, 0.2) is 29.5 Å². The molecule has 10 nitrogen and oxygen atoms in total. The maximum Gasteiger partial charge on any atom is 0.167 e. The zero-order chi connectivity index (χ0) is 22.2. The maximum atomic E-state index is 13.7. The molecule has 4 atom stereocenters. The van der Waals surface area contributed by atoms with Gasteiger partial charge in [-0.3, -0.25) is 9.36 Å². The number of nitrogens with one attached hydrogen (secondary N) is 1. The first-order valence-corrected chi connectivity index (χ1v) is 10.5. The number of halogens is 1. The number of imidazole rings is 1. The van der Waals surface area contributed by atoms with E-state index in [2.05, 4.69) is 20.3 Å². The van der Waals surface area contributed by atoms with Crippen LogP contribution in [0.25, 0.3) is 11.2 Å². The van der Waals surface area contributed by atoms with E-state index in [1.54, 1.807) is 10.9 Å². The number of ether oxygens (including phenoxy) is 1. The van der Waals surface area contributed by atoms with E-state index in [-0.39, 0.29) is 18.5 Å². The number of carbonyl (C=O) groups excluding carboxylic acids is 1. The Morgan fingerprint density at radius 3 is 2.97 bits per heavy atom. The molecule has 0 amide bonds. The summed E-state index contributed by atoms with van der Waals surface area (Å²) in [6.07, 6.45) is 2.89. The Kier molecular flexibility index (Phi) is 5.45. The van der Waals surface area contributed by atoms with Crippen LogP contribution in [0.4, 0.5) is 15.9 Å². The lowest BCUT2D eigenvalue weighted by Gasteiger charge is -2.21. The number of aldehydes is 1. The predicted octanol–water partition coefficient (Wildman–Crippen LogP) is 1.11. The van der Waals surface area contributed by atoms with Gasteiger partial charge in [0.25, 0.3) is 0 Å². The molecule has 2 aliphatic rings. The summed E-state index contributed by atoms with van der Waals surface area (Å²) < 4.78 is 21.1. The summed E-state index contributed by atoms with van der Waals surface area (Å²) in [6.45, 7) is 1.06. The topological polar surface area (TPSA) is 126 Å². The fourth-order valence-electron chi connectivity index (χ4n) is 4.42. The standard InChI is InChI=1S/C21H23FN6O4/c22-13-2-1-12(8-29)16(5-13)27-4-3-14(7-27)26-19-18-20(24-10-23-19)28(11-25-18)21-17(31)6-15(9-30)32-21/h1-2,5,8,10-11,14-15,17,21,30-31H,3-4,6-7,9H2,(H,23,24,26)/t14?,15-,17+,21+/m0/s1. The summed E-state index contributed by atoms with van der Waals surface area (Å²) in [5.41, 5.74) is 2.07. The Bertz CT molecular complexity index is 1140. The van der Waals surface area contributed by atoms with Crippen molar-refractivity contribution in [1.82, 2.24) is 19.5 Å². The molecule has 1 unspecified atom stereocenters. The first kappa shape index (κ1) is 20.7. The van der Waals surface area contributed by atoms with Gasteiger partial charge in [-0.05, 0) is 24.6 Å². The summed E-state index contributed by atoms with van der Waals surface area (Å²) in [6, 6.07) is 4.15. The molecule has 168 valence electrons. The van der Waals surface area contributed by atoms with E-state index in [9.17, 15) is 19.4 Å². The number of fused-ring (bicyclic) bond motifs is 1. The Labute approximate surface area is 182 Å². The number of hydrogen-bond acceptors (Lipinski definition) is 9. The van der Waals surface area contributed by atoms with Gasteiger partial charge >= 0.3 is 0 Å². The summed E-state index contributed by atoms with van der Waals surface area (Å²) in [5.74, 6) is 0.159. The van der Waals surface area contributed by atoms with Gasteiger partial charge in [0.1, 0.15) is 18.2 Å². The lowest BCUT2D eigenvalue weighted by Crippen LogP contribution is -2.27. The molecule has 0 spiro atoms. The zero-order valence-corrected chi connectivity index (χ0v) is 17.1. The number of hydrogen-bond donors (Lipinski definition) is 3. The number of carbonyl (C=O) groups is 1. The third kappa shape index (κ3) is 3.68. The molecule has 1 aromatic carbocycles. The Hall–Kier alpha value is -3.15. The van der Waals surface area contributed by atoms with Crippen LogP contribution in [-0.2, 0) is 4.74 Å². The van der Waals surface area contributed by atoms with E-state index in [1.165, 1.54) is 24.5 Å². The number of aliphatic hydroxyl groups excluding tert-OH is 2. The molecule has 4 heterocycles. The minimum Gasteiger partial charge on any atom is -0.394 e. The number of anilines is 2. The molecule has 0 radical (unpaired) electrons. The second kappa shape index (κ2) is 8.41. The summed E-state index contributed by atoms with van der Waals surface area (Å²) >= 11 is 0. The van der Waals surface area contributed by atoms with Gasteiger partial charge in [0.2, 0.25) is 0 Å². The summed E-state index contributed by atoms with van der Waals surface area (Å²) in [4.78, 5) is 26.4. The number of nitrogens with zero attached hydrogens (tertiary/aromatic N) is 5. The van der Waals surface area contributed by atoms with Crippen LogP contribution in [-0.4, -0.2) is 74.0 Å². The van der Waals surface area contributed by atoms with Gasteiger partial charge in [-0.2, -0.15) is 0 Å². The van der Waals surface area contributed by atoms with Gasteiger partial charge in [-0.1, -0.05) is 0 Å². The number of benzene rings is 1. The smallest absolute Gasteiger partial charge is 0.167 e. The molecule has 5 rings (SSSR count). The van der Waals surface area contributed by atoms with Crippen molar-refractivity contribution in [3.63, 3.8) is 0 Å². The molecule has 0 saturated carbocycles. The minimum absolute atomic E-state index is 0.00751. The van der Waals surface area contributed by atoms with Gasteiger partial charge in [-0.25, -0.2) is 19.3 Å². The largest absolute Gasteiger partial charge is 0.394 e. The third-order valence-electron chi connectivity index (χ3n) is 5.99. The molecule has 3 aromatic rings. The summed E-state index contributed by atoms with van der Waals surface area (Å²) in [7, 11) is 0. The second-order valence-electron chi connectivity index (χ2n) is 8.08. The second-order valence-corrected chi connectivity index (χ2v) is 8.08. The van der Waals surface area contributed by atoms with Gasteiger partial charge < -0.3 is 25.2 Å². The average molecular weight is 442 g/mol. The molecule has 11 heteroatoms. The van der Waals surface area contributed by atoms with Gasteiger partial charge in [0.05, 0.1) is 24.7 Å². The van der Waals surface area contributed by atoms with Gasteiger partial charge in [-0.15, -0.1) is 0 Å². The SMILES string of the molecule is O=Cc1ccc(F)cc1N1CCC(Nc2ncnc3c2ncn3[C@@H]2O[C@H](CO)C[C@H]2O)C1. The molecule has 0 bridgehead atoms. The molecule has 2 aliphatic heterocycles. The van der Waals surface area contributed by atoms with E-state index in [1.807, 2.05) is 4.90 Å². The highest BCUT2D eigenvalue weighted by Gasteiger charge is 2.36. The number of aliphatic hydroxyl groups is 2. The Balaban J connectivity index is 1.35. The molecular formula is C21H23FN6O4. The highest BCUT2D eigenvalue weighted by atomic mass is 19.1. The maximum absolute atomic E-state index is 13.7. The fourth-order valence-corrected chi connectivity index (χ4v) is 4.42. The number of rotatable bonds is 6. The summed E-state index contributed by atoms with van der Waals surface area (Å²) in [5, 5.41) is 23.0. The van der Waals surface area contributed by atoms with Crippen LogP contribution in [0.1, 0.15) is 29.4 Å². The van der Waals surface area contributed by atoms with Crippen molar-refractivity contribution in [3.05, 3.63) is 42.2 Å². The molecule has 2 aromatic heterocycles. The lowest BCUT2D eigenvalue weighted by atomic mass is 10.1. The molecule has 0 aliphatic carbocycles. The molecular weight excluding hydrogens is 419 g/mol. The van der Waals surface area contributed by atoms with E-state index in [0.29, 0.717) is 47.7 Å². The lowest BCUT2D eigenvalue weighted by molar-refractivity contribution is -0.0486. The Morgan fingerprint density at radius 1 is 1.31 bits per heavy atom. The van der Waals surface area contributed by atoms with Crippen molar-refractivity contribution in [2.45, 2.75) is 37.3 Å². The fraction of sp³-hybridized carbons (Fsp3) is 0.429. The van der Waals surface area contributed by atoms with Crippen molar-refractivity contribution in [2.75, 3.05) is 29.9 Å². The van der Waals surface area contributed by atoms with E-state index in [4.69, 9.17) is 4.74 Å². The quantitative estimate of drug-likeness (QED) is 0.481. The van der Waals surface area contributed by atoms with E-state index in [0.717, 1.165) is 12.7 Å². The van der Waals surface area contributed by atoms with Crippen molar-refractivity contribution in [2.24, 2.45) is 0 Å². The highest BCUT2D eigenvalue weighted by Crippen LogP contribution is 2.32.